The van der Waals surface area contributed by atoms with Crippen LogP contribution in [0, 0.1) is 0 Å². The van der Waals surface area contributed by atoms with E-state index in [1.807, 2.05) is 34.5 Å². The van der Waals surface area contributed by atoms with Crippen molar-refractivity contribution in [3.05, 3.63) is 81.0 Å². The van der Waals surface area contributed by atoms with Gasteiger partial charge in [0.1, 0.15) is 13.2 Å². The van der Waals surface area contributed by atoms with Crippen molar-refractivity contribution in [3.63, 3.8) is 0 Å². The standard InChI is InChI=1S/C27H29ClN2O5S/c1-33-14-13-29(27(32)19-6-5-7-20(28)16-19)17-26(31)30-12-10-25-21(11-15-36-25)22(30)18-35-24-9-4-3-8-23(24)34-2/h3-9,11,15-16,22H,10,12-14,17-18H2,1-2H3. The Labute approximate surface area is 220 Å². The maximum Gasteiger partial charge on any atom is 0.254 e. The van der Waals surface area contributed by atoms with Crippen molar-refractivity contribution in [3.8, 4) is 11.5 Å². The lowest BCUT2D eigenvalue weighted by Crippen LogP contribution is -2.48. The molecule has 1 aliphatic heterocycles. The number of para-hydroxylation sites is 2. The average molecular weight is 529 g/mol. The van der Waals surface area contributed by atoms with Crippen LogP contribution < -0.4 is 9.47 Å². The predicted molar refractivity (Wildman–Crippen MR) is 140 cm³/mol. The highest BCUT2D eigenvalue weighted by Crippen LogP contribution is 2.35. The molecule has 2 amide bonds. The van der Waals surface area contributed by atoms with E-state index in [1.54, 1.807) is 49.8 Å². The number of hydrogen-bond acceptors (Lipinski definition) is 6. The monoisotopic (exact) mass is 528 g/mol. The quantitative estimate of drug-likeness (QED) is 0.381. The van der Waals surface area contributed by atoms with Gasteiger partial charge in [0.2, 0.25) is 5.91 Å². The summed E-state index contributed by atoms with van der Waals surface area (Å²) in [5.41, 5.74) is 1.51. The first-order valence-electron chi connectivity index (χ1n) is 11.7. The van der Waals surface area contributed by atoms with Crippen LogP contribution in [0.1, 0.15) is 26.8 Å². The molecule has 0 fully saturated rings. The van der Waals surface area contributed by atoms with E-state index in [0.29, 0.717) is 35.2 Å². The largest absolute Gasteiger partial charge is 0.493 e. The van der Waals surface area contributed by atoms with Gasteiger partial charge in [0, 0.05) is 35.7 Å². The molecule has 1 unspecified atom stereocenters. The van der Waals surface area contributed by atoms with Crippen LogP contribution in [0.25, 0.3) is 0 Å². The van der Waals surface area contributed by atoms with E-state index < -0.39 is 0 Å². The molecule has 0 saturated carbocycles. The van der Waals surface area contributed by atoms with E-state index in [0.717, 1.165) is 12.0 Å². The molecule has 190 valence electrons. The normalized spacial score (nSPS) is 14.8. The molecule has 0 spiro atoms. The van der Waals surface area contributed by atoms with Crippen LogP contribution in [0.15, 0.2) is 60.0 Å². The summed E-state index contributed by atoms with van der Waals surface area (Å²) >= 11 is 7.79. The fourth-order valence-corrected chi connectivity index (χ4v) is 5.41. The number of halogens is 1. The van der Waals surface area contributed by atoms with Gasteiger partial charge < -0.3 is 24.0 Å². The fraction of sp³-hybridized carbons (Fsp3) is 0.333. The highest BCUT2D eigenvalue weighted by molar-refractivity contribution is 7.10. The average Bonchev–Trinajstić information content (AvgIpc) is 3.38. The smallest absolute Gasteiger partial charge is 0.254 e. The van der Waals surface area contributed by atoms with E-state index in [2.05, 4.69) is 6.07 Å². The number of thiophene rings is 1. The van der Waals surface area contributed by atoms with Gasteiger partial charge >= 0.3 is 0 Å². The zero-order valence-corrected chi connectivity index (χ0v) is 21.9. The van der Waals surface area contributed by atoms with Crippen LogP contribution >= 0.6 is 22.9 Å². The van der Waals surface area contributed by atoms with Gasteiger partial charge in [0.15, 0.2) is 11.5 Å². The molecule has 2 aromatic carbocycles. The Morgan fingerprint density at radius 1 is 1.11 bits per heavy atom. The van der Waals surface area contributed by atoms with Crippen molar-refractivity contribution < 1.29 is 23.8 Å². The van der Waals surface area contributed by atoms with E-state index >= 15 is 0 Å². The zero-order valence-electron chi connectivity index (χ0n) is 20.3. The number of fused-ring (bicyclic) bond motifs is 1. The highest BCUT2D eigenvalue weighted by atomic mass is 35.5. The first-order valence-corrected chi connectivity index (χ1v) is 12.9. The van der Waals surface area contributed by atoms with E-state index in [-0.39, 0.29) is 37.6 Å². The molecule has 2 heterocycles. The number of carbonyl (C=O) groups excluding carboxylic acids is 2. The van der Waals surface area contributed by atoms with Gasteiger partial charge in [-0.1, -0.05) is 29.8 Å². The van der Waals surface area contributed by atoms with Crippen molar-refractivity contribution in [2.75, 3.05) is 47.1 Å². The Morgan fingerprint density at radius 2 is 1.92 bits per heavy atom. The van der Waals surface area contributed by atoms with Gasteiger partial charge in [-0.25, -0.2) is 0 Å². The topological polar surface area (TPSA) is 68.3 Å². The SMILES string of the molecule is COCCN(CC(=O)N1CCc2sccc2C1COc1ccccc1OC)C(=O)c1cccc(Cl)c1. The molecule has 0 saturated heterocycles. The number of methoxy groups -OCH3 is 2. The highest BCUT2D eigenvalue weighted by Gasteiger charge is 2.33. The van der Waals surface area contributed by atoms with E-state index in [4.69, 9.17) is 25.8 Å². The van der Waals surface area contributed by atoms with Crippen molar-refractivity contribution in [2.45, 2.75) is 12.5 Å². The third-order valence-electron chi connectivity index (χ3n) is 6.13. The van der Waals surface area contributed by atoms with Crippen molar-refractivity contribution in [1.82, 2.24) is 9.80 Å². The van der Waals surface area contributed by atoms with Crippen molar-refractivity contribution >= 4 is 34.8 Å². The number of hydrogen-bond donors (Lipinski definition) is 0. The van der Waals surface area contributed by atoms with Crippen molar-refractivity contribution in [1.29, 1.82) is 0 Å². The molecule has 0 radical (unpaired) electrons. The summed E-state index contributed by atoms with van der Waals surface area (Å²) < 4.78 is 16.8. The molecule has 1 atom stereocenters. The number of rotatable bonds is 10. The molecular formula is C27H29ClN2O5S. The van der Waals surface area contributed by atoms with Crippen LogP contribution in [0.2, 0.25) is 5.02 Å². The molecule has 36 heavy (non-hydrogen) atoms. The fourth-order valence-electron chi connectivity index (χ4n) is 4.29. The second kappa shape index (κ2) is 12.3. The first kappa shape index (κ1) is 26.0. The van der Waals surface area contributed by atoms with Crippen LogP contribution in [0.3, 0.4) is 0 Å². The predicted octanol–water partition coefficient (Wildman–Crippen LogP) is 4.70. The summed E-state index contributed by atoms with van der Waals surface area (Å²) in [7, 11) is 3.17. The van der Waals surface area contributed by atoms with Crippen molar-refractivity contribution in [2.24, 2.45) is 0 Å². The Hall–Kier alpha value is -3.07. The summed E-state index contributed by atoms with van der Waals surface area (Å²) in [6.07, 6.45) is 0.768. The summed E-state index contributed by atoms with van der Waals surface area (Å²) in [6.45, 7) is 1.35. The van der Waals surface area contributed by atoms with E-state index in [9.17, 15) is 9.59 Å². The third-order valence-corrected chi connectivity index (χ3v) is 7.36. The van der Waals surface area contributed by atoms with Gasteiger partial charge in [-0.3, -0.25) is 9.59 Å². The molecule has 4 rings (SSSR count). The molecule has 7 nitrogen and oxygen atoms in total. The van der Waals surface area contributed by atoms with Crippen LogP contribution in [-0.4, -0.2) is 68.7 Å². The number of benzene rings is 2. The lowest BCUT2D eigenvalue weighted by molar-refractivity contribution is -0.135. The molecule has 9 heteroatoms. The van der Waals surface area contributed by atoms with Crippen LogP contribution in [-0.2, 0) is 16.0 Å². The first-order chi connectivity index (χ1) is 17.5. The second-order valence-electron chi connectivity index (χ2n) is 8.34. The van der Waals surface area contributed by atoms with Gasteiger partial charge in [-0.15, -0.1) is 11.3 Å². The van der Waals surface area contributed by atoms with Crippen LogP contribution in [0.4, 0.5) is 0 Å². The van der Waals surface area contributed by atoms with Gasteiger partial charge in [0.05, 0.1) is 19.8 Å². The van der Waals surface area contributed by atoms with E-state index in [1.165, 1.54) is 9.78 Å². The maximum absolute atomic E-state index is 13.6. The summed E-state index contributed by atoms with van der Waals surface area (Å²) in [4.78, 5) is 31.5. The number of ether oxygens (including phenoxy) is 3. The number of amides is 2. The Balaban J connectivity index is 1.54. The Bertz CT molecular complexity index is 1200. The minimum Gasteiger partial charge on any atom is -0.493 e. The molecule has 0 bridgehead atoms. The minimum absolute atomic E-state index is 0.0701. The zero-order chi connectivity index (χ0) is 25.5. The van der Waals surface area contributed by atoms with Crippen LogP contribution in [0.5, 0.6) is 11.5 Å². The summed E-state index contributed by atoms with van der Waals surface area (Å²) in [5.74, 6) is 0.840. The minimum atomic E-state index is -0.275. The Morgan fingerprint density at radius 3 is 2.67 bits per heavy atom. The molecule has 3 aromatic rings. The molecule has 0 N–H and O–H groups in total. The lowest BCUT2D eigenvalue weighted by Gasteiger charge is -2.37. The molecule has 1 aliphatic rings. The molecule has 1 aromatic heterocycles. The van der Waals surface area contributed by atoms with Gasteiger partial charge in [-0.2, -0.15) is 0 Å². The number of carbonyl (C=O) groups is 2. The summed E-state index contributed by atoms with van der Waals surface area (Å²) in [6, 6.07) is 16.0. The Kier molecular flexibility index (Phi) is 8.85. The second-order valence-corrected chi connectivity index (χ2v) is 9.78. The van der Waals surface area contributed by atoms with Gasteiger partial charge in [-0.05, 0) is 53.8 Å². The molecule has 0 aliphatic carbocycles. The number of nitrogens with zero attached hydrogens (tertiary/aromatic N) is 2. The molecular weight excluding hydrogens is 500 g/mol. The lowest BCUT2D eigenvalue weighted by atomic mass is 10.0. The maximum atomic E-state index is 13.6. The third kappa shape index (κ3) is 6.00. The summed E-state index contributed by atoms with van der Waals surface area (Å²) in [5, 5.41) is 2.51. The van der Waals surface area contributed by atoms with Gasteiger partial charge in [0.25, 0.3) is 5.91 Å².